The zero-order valence-corrected chi connectivity index (χ0v) is 16.8. The zero-order chi connectivity index (χ0) is 22.2. The van der Waals surface area contributed by atoms with Crippen molar-refractivity contribution in [1.82, 2.24) is 14.5 Å². The van der Waals surface area contributed by atoms with Crippen molar-refractivity contribution in [2.24, 2.45) is 21.6 Å². The van der Waals surface area contributed by atoms with Crippen LogP contribution in [0.2, 0.25) is 0 Å². The Kier molecular flexibility index (Phi) is 8.91. The zero-order valence-electron chi connectivity index (χ0n) is 16.8. The van der Waals surface area contributed by atoms with E-state index in [0.29, 0.717) is 4.57 Å². The van der Waals surface area contributed by atoms with Gasteiger partial charge in [-0.05, 0) is 6.07 Å². The summed E-state index contributed by atoms with van der Waals surface area (Å²) in [5.41, 5.74) is 12.5. The molecule has 164 valence electrons. The smallest absolute Gasteiger partial charge is 0.351 e. The van der Waals surface area contributed by atoms with Gasteiger partial charge in [-0.1, -0.05) is 20.3 Å². The number of nitrogens with one attached hydrogen (secondary N) is 1. The van der Waals surface area contributed by atoms with Crippen molar-refractivity contribution in [3.63, 3.8) is 0 Å². The molecule has 0 spiro atoms. The van der Waals surface area contributed by atoms with Crippen LogP contribution in [-0.4, -0.2) is 64.2 Å². The van der Waals surface area contributed by atoms with Crippen LogP contribution in [0.4, 0.5) is 14.6 Å². The van der Waals surface area contributed by atoms with Gasteiger partial charge in [0.15, 0.2) is 11.8 Å². The van der Waals surface area contributed by atoms with E-state index in [1.165, 1.54) is 17.4 Å². The van der Waals surface area contributed by atoms with Gasteiger partial charge in [-0.15, -0.1) is 5.10 Å². The summed E-state index contributed by atoms with van der Waals surface area (Å²) in [4.78, 5) is 20.9. The molecule has 0 saturated carbocycles. The molecule has 2 heterocycles. The van der Waals surface area contributed by atoms with E-state index in [1.54, 1.807) is 14.1 Å². The number of guanidine groups is 2. The number of hydrogen-bond acceptors (Lipinski definition) is 6. The Hall–Kier alpha value is -2.80. The molecule has 2 rings (SSSR count). The normalized spacial score (nSPS) is 21.3. The maximum atomic E-state index is 13.9. The quantitative estimate of drug-likeness (QED) is 0.304. The van der Waals surface area contributed by atoms with E-state index in [2.05, 4.69) is 34.4 Å². The van der Waals surface area contributed by atoms with E-state index in [-0.39, 0.29) is 17.7 Å². The second-order valence-corrected chi connectivity index (χ2v) is 6.41. The number of nitrogens with zero attached hydrogens (tertiary/aromatic N) is 5. The molecule has 1 aliphatic heterocycles. The van der Waals surface area contributed by atoms with Gasteiger partial charge in [-0.2, -0.15) is 9.98 Å². The fourth-order valence-electron chi connectivity index (χ4n) is 2.12. The predicted octanol–water partition coefficient (Wildman–Crippen LogP) is 0.0926. The Bertz CT molecular complexity index is 782. The Morgan fingerprint density at radius 2 is 2.10 bits per heavy atom. The van der Waals surface area contributed by atoms with E-state index < -0.39 is 37.0 Å². The third-order valence-corrected chi connectivity index (χ3v) is 3.44. The Labute approximate surface area is 167 Å². The van der Waals surface area contributed by atoms with Crippen LogP contribution in [0.25, 0.3) is 0 Å². The number of aliphatic imine (C=N–C) groups is 1. The lowest BCUT2D eigenvalue weighted by atomic mass is 10.2. The highest BCUT2D eigenvalue weighted by molar-refractivity contribution is 5.93. The van der Waals surface area contributed by atoms with Gasteiger partial charge >= 0.3 is 5.69 Å². The Balaban J connectivity index is 0.00000132. The van der Waals surface area contributed by atoms with Crippen LogP contribution in [0.3, 0.4) is 0 Å². The van der Waals surface area contributed by atoms with Crippen molar-refractivity contribution < 1.29 is 18.6 Å². The standard InChI is InChI=1S/C13H20F2N8O3.C3H8/c1-22(2)11(17)19-10(16)21-20-8-3-4-23(12(25)18-8)9-13(14,15)5-7(6-24)26-9;1-3-2/h3-4,7,9,24H,5-6H2,1-2H3,(H,18,20,25)(H4,16,17,19,21);3H2,1-2H3. The van der Waals surface area contributed by atoms with Gasteiger partial charge in [0.1, 0.15) is 0 Å². The average Bonchev–Trinajstić information content (AvgIpc) is 2.95. The third-order valence-electron chi connectivity index (χ3n) is 3.44. The summed E-state index contributed by atoms with van der Waals surface area (Å²) < 4.78 is 33.6. The molecule has 0 radical (unpaired) electrons. The maximum absolute atomic E-state index is 13.9. The van der Waals surface area contributed by atoms with Crippen LogP contribution >= 0.6 is 0 Å². The average molecular weight is 418 g/mol. The van der Waals surface area contributed by atoms with Crippen molar-refractivity contribution in [2.75, 3.05) is 26.1 Å². The minimum Gasteiger partial charge on any atom is -0.394 e. The minimum absolute atomic E-state index is 0.0344. The number of nitrogens with two attached hydrogens (primary N) is 2. The van der Waals surface area contributed by atoms with E-state index in [1.807, 2.05) is 0 Å². The van der Waals surface area contributed by atoms with E-state index in [9.17, 15) is 13.6 Å². The number of aromatic nitrogens is 2. The first-order valence-electron chi connectivity index (χ1n) is 8.89. The van der Waals surface area contributed by atoms with E-state index >= 15 is 0 Å². The van der Waals surface area contributed by atoms with Crippen LogP contribution in [0.1, 0.15) is 32.9 Å². The van der Waals surface area contributed by atoms with Gasteiger partial charge < -0.3 is 26.2 Å². The Morgan fingerprint density at radius 3 is 2.59 bits per heavy atom. The van der Waals surface area contributed by atoms with Gasteiger partial charge in [0, 0.05) is 26.7 Å². The molecule has 1 fully saturated rings. The van der Waals surface area contributed by atoms with E-state index in [0.717, 1.165) is 6.20 Å². The molecule has 13 heteroatoms. The highest BCUT2D eigenvalue weighted by atomic mass is 19.3. The van der Waals surface area contributed by atoms with Gasteiger partial charge in [-0.25, -0.2) is 13.6 Å². The molecule has 0 bridgehead atoms. The SMILES string of the molecule is CCC.CN(C)/C(N)=N/C(N)=N/Nc1ccn(C2OC(CO)CC2(F)F)c(=O)n1. The molecular formula is C16H28F2N8O3. The molecule has 0 aromatic carbocycles. The van der Waals surface area contributed by atoms with Crippen molar-refractivity contribution in [1.29, 1.82) is 0 Å². The number of rotatable bonds is 4. The van der Waals surface area contributed by atoms with Gasteiger partial charge in [0.05, 0.1) is 12.7 Å². The lowest BCUT2D eigenvalue weighted by Gasteiger charge is -2.19. The largest absolute Gasteiger partial charge is 0.394 e. The number of anilines is 1. The van der Waals surface area contributed by atoms with Gasteiger partial charge in [-0.3, -0.25) is 9.99 Å². The molecule has 2 unspecified atom stereocenters. The summed E-state index contributed by atoms with van der Waals surface area (Å²) in [5.74, 6) is -3.46. The molecule has 1 saturated heterocycles. The van der Waals surface area contributed by atoms with Crippen molar-refractivity contribution >= 4 is 17.7 Å². The predicted molar refractivity (Wildman–Crippen MR) is 106 cm³/mol. The minimum atomic E-state index is -3.31. The summed E-state index contributed by atoms with van der Waals surface area (Å²) in [7, 11) is 3.31. The van der Waals surface area contributed by atoms with Gasteiger partial charge in [0.25, 0.3) is 5.92 Å². The summed E-state index contributed by atoms with van der Waals surface area (Å²) >= 11 is 0. The number of ether oxygens (including phenoxy) is 1. The molecule has 2 atom stereocenters. The number of hydrazone groups is 1. The first kappa shape index (κ1) is 24.2. The second kappa shape index (κ2) is 10.7. The summed E-state index contributed by atoms with van der Waals surface area (Å²) in [5, 5.41) is 12.6. The molecule has 0 aliphatic carbocycles. The molecule has 0 amide bonds. The monoisotopic (exact) mass is 418 g/mol. The molecular weight excluding hydrogens is 390 g/mol. The molecule has 6 N–H and O–H groups in total. The van der Waals surface area contributed by atoms with Gasteiger partial charge in [0.2, 0.25) is 12.2 Å². The first-order valence-corrected chi connectivity index (χ1v) is 8.89. The number of halogens is 2. The number of aliphatic hydroxyl groups is 1. The summed E-state index contributed by atoms with van der Waals surface area (Å²) in [6.07, 6.45) is -1.25. The first-order chi connectivity index (χ1) is 13.5. The molecule has 11 nitrogen and oxygen atoms in total. The topological polar surface area (TPSA) is 156 Å². The lowest BCUT2D eigenvalue weighted by molar-refractivity contribution is -0.120. The fourth-order valence-corrected chi connectivity index (χ4v) is 2.12. The summed E-state index contributed by atoms with van der Waals surface area (Å²) in [6, 6.07) is 1.24. The molecule has 29 heavy (non-hydrogen) atoms. The highest BCUT2D eigenvalue weighted by Crippen LogP contribution is 2.41. The second-order valence-electron chi connectivity index (χ2n) is 6.41. The molecule has 1 aromatic heterocycles. The van der Waals surface area contributed by atoms with Crippen molar-refractivity contribution in [3.8, 4) is 0 Å². The number of hydrogen-bond donors (Lipinski definition) is 4. The third kappa shape index (κ3) is 6.94. The van der Waals surface area contributed by atoms with Crippen LogP contribution in [0.15, 0.2) is 27.2 Å². The molecule has 1 aliphatic rings. The van der Waals surface area contributed by atoms with Crippen LogP contribution in [-0.2, 0) is 4.74 Å². The number of aliphatic hydroxyl groups excluding tert-OH is 1. The maximum Gasteiger partial charge on any atom is 0.351 e. The van der Waals surface area contributed by atoms with Crippen molar-refractivity contribution in [3.05, 3.63) is 22.7 Å². The van der Waals surface area contributed by atoms with E-state index in [4.69, 9.17) is 21.3 Å². The van der Waals surface area contributed by atoms with Crippen LogP contribution in [0, 0.1) is 0 Å². The Morgan fingerprint density at radius 1 is 1.48 bits per heavy atom. The summed E-state index contributed by atoms with van der Waals surface area (Å²) in [6.45, 7) is 3.68. The van der Waals surface area contributed by atoms with Crippen LogP contribution in [0.5, 0.6) is 0 Å². The van der Waals surface area contributed by atoms with Crippen LogP contribution < -0.4 is 22.6 Å². The lowest BCUT2D eigenvalue weighted by Crippen LogP contribution is -2.35. The fraction of sp³-hybridized carbons (Fsp3) is 0.625. The van der Waals surface area contributed by atoms with Crippen molar-refractivity contribution in [2.45, 2.75) is 44.9 Å². The highest BCUT2D eigenvalue weighted by Gasteiger charge is 2.51. The molecule has 1 aromatic rings. The number of alkyl halides is 2.